The van der Waals surface area contributed by atoms with Crippen LogP contribution in [0.2, 0.25) is 0 Å². The number of amides is 1. The highest BCUT2D eigenvalue weighted by molar-refractivity contribution is 7.89. The van der Waals surface area contributed by atoms with Gasteiger partial charge < -0.3 is 4.90 Å². The van der Waals surface area contributed by atoms with Gasteiger partial charge in [-0.1, -0.05) is 0 Å². The number of anilines is 1. The second-order valence-electron chi connectivity index (χ2n) is 9.00. The molecular formula is C22H23N7O3S. The zero-order chi connectivity index (χ0) is 24.8. The number of aromatic nitrogens is 2. The van der Waals surface area contributed by atoms with Crippen molar-refractivity contribution >= 4 is 27.6 Å². The number of rotatable bonds is 5. The largest absolute Gasteiger partial charge is 0.306 e. The van der Waals surface area contributed by atoms with E-state index >= 15 is 0 Å². The SMILES string of the molecule is [2H]C([2H])(c1cnn(C)c1)N1C(=O)c2cc(S(=O)(=O)NC3(C#N)CC3)ccc2N2C1=N[C@H]1CCC[C@H]12. The zero-order valence-corrected chi connectivity index (χ0v) is 18.7. The van der Waals surface area contributed by atoms with Crippen LogP contribution in [0, 0.1) is 11.3 Å². The maximum Gasteiger partial charge on any atom is 0.263 e. The van der Waals surface area contributed by atoms with Crippen LogP contribution >= 0.6 is 0 Å². The van der Waals surface area contributed by atoms with E-state index in [0.717, 1.165) is 24.2 Å². The molecule has 2 aromatic rings. The van der Waals surface area contributed by atoms with Crippen molar-refractivity contribution in [2.45, 2.75) is 61.1 Å². The maximum absolute atomic E-state index is 13.8. The number of nitrogens with zero attached hydrogens (tertiary/aromatic N) is 6. The van der Waals surface area contributed by atoms with Crippen LogP contribution in [0.25, 0.3) is 0 Å². The first-order valence-corrected chi connectivity index (χ1v) is 12.3. The number of carbonyl (C=O) groups is 1. The molecule has 2 aliphatic heterocycles. The predicted octanol–water partition coefficient (Wildman–Crippen LogP) is 1.51. The minimum atomic E-state index is -4.06. The molecule has 1 amide bonds. The van der Waals surface area contributed by atoms with E-state index in [1.54, 1.807) is 13.1 Å². The van der Waals surface area contributed by atoms with Gasteiger partial charge in [-0.15, -0.1) is 0 Å². The molecule has 2 atom stereocenters. The first-order chi connectivity index (χ1) is 16.6. The van der Waals surface area contributed by atoms with Crippen molar-refractivity contribution in [2.24, 2.45) is 12.0 Å². The summed E-state index contributed by atoms with van der Waals surface area (Å²) in [6.07, 6.45) is 6.38. The fourth-order valence-corrected chi connectivity index (χ4v) is 6.25. The van der Waals surface area contributed by atoms with Crippen molar-refractivity contribution in [3.63, 3.8) is 0 Å². The van der Waals surface area contributed by atoms with Gasteiger partial charge >= 0.3 is 0 Å². The lowest BCUT2D eigenvalue weighted by Gasteiger charge is -2.38. The fourth-order valence-electron chi connectivity index (χ4n) is 4.84. The Morgan fingerprint density at radius 1 is 1.36 bits per heavy atom. The molecule has 0 saturated heterocycles. The van der Waals surface area contributed by atoms with Crippen molar-refractivity contribution < 1.29 is 16.0 Å². The Kier molecular flexibility index (Phi) is 3.80. The quantitative estimate of drug-likeness (QED) is 0.711. The van der Waals surface area contributed by atoms with E-state index in [1.165, 1.54) is 29.2 Å². The molecule has 33 heavy (non-hydrogen) atoms. The summed E-state index contributed by atoms with van der Waals surface area (Å²) in [6.45, 7) is -2.27. The number of sulfonamides is 1. The highest BCUT2D eigenvalue weighted by Crippen LogP contribution is 2.42. The van der Waals surface area contributed by atoms with E-state index in [-0.39, 0.29) is 34.1 Å². The standard InChI is InChI=1S/C22H23N7O3S/c1-27-11-14(10-24-27)12-28-20(30)16-9-15(33(31,32)26-22(13-23)7-8-22)5-6-18(16)29-19-4-2-3-17(19)25-21(28)29/h5-6,9-11,17,19,26H,2-4,7-8,12H2,1H3/t17-,19+/m0/s1/i12D2. The number of aryl methyl sites for hydroxylation is 1. The molecule has 0 unspecified atom stereocenters. The Labute approximate surface area is 194 Å². The summed E-state index contributed by atoms with van der Waals surface area (Å²) in [4.78, 5) is 21.3. The van der Waals surface area contributed by atoms with Crippen LogP contribution in [0.4, 0.5) is 5.69 Å². The lowest BCUT2D eigenvalue weighted by atomic mass is 10.0. The molecule has 4 aliphatic rings. The van der Waals surface area contributed by atoms with Crippen LogP contribution in [0.5, 0.6) is 0 Å². The van der Waals surface area contributed by atoms with Crippen LogP contribution in [0.15, 0.2) is 40.5 Å². The smallest absolute Gasteiger partial charge is 0.263 e. The van der Waals surface area contributed by atoms with Gasteiger partial charge in [0.2, 0.25) is 16.0 Å². The average Bonchev–Trinajstić information content (AvgIpc) is 3.13. The molecule has 1 N–H and O–H groups in total. The number of nitriles is 1. The first kappa shape index (κ1) is 18.2. The number of nitrogens with one attached hydrogen (secondary N) is 1. The Balaban J connectivity index is 1.48. The van der Waals surface area contributed by atoms with E-state index in [1.807, 2.05) is 11.0 Å². The number of hydrogen-bond donors (Lipinski definition) is 1. The molecular weight excluding hydrogens is 442 g/mol. The second kappa shape index (κ2) is 6.88. The molecule has 10 nitrogen and oxygen atoms in total. The number of guanidine groups is 1. The third kappa shape index (κ3) is 3.16. The summed E-state index contributed by atoms with van der Waals surface area (Å²) in [7, 11) is -2.40. The predicted molar refractivity (Wildman–Crippen MR) is 119 cm³/mol. The van der Waals surface area contributed by atoms with Gasteiger partial charge in [-0.05, 0) is 50.3 Å². The average molecular weight is 468 g/mol. The van der Waals surface area contributed by atoms with Gasteiger partial charge in [0.15, 0.2) is 0 Å². The van der Waals surface area contributed by atoms with Gasteiger partial charge in [0.1, 0.15) is 5.54 Å². The molecule has 3 heterocycles. The Morgan fingerprint density at radius 2 is 2.18 bits per heavy atom. The van der Waals surface area contributed by atoms with Crippen molar-refractivity contribution in [2.75, 3.05) is 4.90 Å². The molecule has 2 aliphatic carbocycles. The monoisotopic (exact) mass is 467 g/mol. The molecule has 11 heteroatoms. The minimum Gasteiger partial charge on any atom is -0.306 e. The van der Waals surface area contributed by atoms with Gasteiger partial charge in [-0.2, -0.15) is 15.1 Å². The van der Waals surface area contributed by atoms with Crippen LogP contribution in [-0.4, -0.2) is 52.6 Å². The normalized spacial score (nSPS) is 26.1. The van der Waals surface area contributed by atoms with Crippen molar-refractivity contribution in [1.29, 1.82) is 5.26 Å². The third-order valence-corrected chi connectivity index (χ3v) is 8.22. The van der Waals surface area contributed by atoms with E-state index in [4.69, 9.17) is 7.73 Å². The molecule has 1 aromatic heterocycles. The van der Waals surface area contributed by atoms with Gasteiger partial charge in [-0.3, -0.25) is 14.4 Å². The van der Waals surface area contributed by atoms with Crippen LogP contribution in [0.1, 0.15) is 50.8 Å². The number of carbonyl (C=O) groups excluding carboxylic acids is 1. The third-order valence-electron chi connectivity index (χ3n) is 6.68. The number of aliphatic imine (C=N–C) groups is 1. The molecule has 0 bridgehead atoms. The minimum absolute atomic E-state index is 0.0297. The zero-order valence-electron chi connectivity index (χ0n) is 19.9. The molecule has 1 aromatic carbocycles. The lowest BCUT2D eigenvalue weighted by Crippen LogP contribution is -2.52. The first-order valence-electron chi connectivity index (χ1n) is 11.9. The van der Waals surface area contributed by atoms with Gasteiger partial charge in [0.05, 0.1) is 49.7 Å². The number of hydrogen-bond acceptors (Lipinski definition) is 7. The maximum atomic E-state index is 13.8. The summed E-state index contributed by atoms with van der Waals surface area (Å²) < 4.78 is 47.7. The summed E-state index contributed by atoms with van der Waals surface area (Å²) in [5.74, 6) is -0.441. The molecule has 2 fully saturated rings. The summed E-state index contributed by atoms with van der Waals surface area (Å²) >= 11 is 0. The molecule has 0 spiro atoms. The van der Waals surface area contributed by atoms with Crippen LogP contribution < -0.4 is 9.62 Å². The van der Waals surface area contributed by atoms with Crippen molar-refractivity contribution in [3.8, 4) is 6.07 Å². The second-order valence-corrected chi connectivity index (χ2v) is 10.7. The summed E-state index contributed by atoms with van der Waals surface area (Å²) in [5, 5.41) is 13.4. The van der Waals surface area contributed by atoms with Gasteiger partial charge in [-0.25, -0.2) is 13.4 Å². The molecule has 170 valence electrons. The highest BCUT2D eigenvalue weighted by Gasteiger charge is 2.49. The summed E-state index contributed by atoms with van der Waals surface area (Å²) in [5.41, 5.74) is -0.323. The topological polar surface area (TPSA) is 124 Å². The molecule has 2 saturated carbocycles. The van der Waals surface area contributed by atoms with Crippen LogP contribution in [0.3, 0.4) is 0 Å². The van der Waals surface area contributed by atoms with Crippen molar-refractivity contribution in [3.05, 3.63) is 41.7 Å². The summed E-state index contributed by atoms with van der Waals surface area (Å²) in [6, 6.07) is 6.20. The molecule has 0 radical (unpaired) electrons. The van der Waals surface area contributed by atoms with Crippen molar-refractivity contribution in [1.82, 2.24) is 19.4 Å². The Morgan fingerprint density at radius 3 is 2.88 bits per heavy atom. The van der Waals surface area contributed by atoms with Gasteiger partial charge in [0, 0.05) is 18.8 Å². The van der Waals surface area contributed by atoms with Crippen LogP contribution in [-0.2, 0) is 23.6 Å². The van der Waals surface area contributed by atoms with E-state index in [9.17, 15) is 18.5 Å². The number of fused-ring (bicyclic) bond motifs is 5. The van der Waals surface area contributed by atoms with E-state index in [2.05, 4.69) is 9.82 Å². The highest BCUT2D eigenvalue weighted by atomic mass is 32.2. The Bertz CT molecular complexity index is 1440. The lowest BCUT2D eigenvalue weighted by molar-refractivity contribution is 0.0832. The Hall–Kier alpha value is -3.23. The van der Waals surface area contributed by atoms with Gasteiger partial charge in [0.25, 0.3) is 5.91 Å². The van der Waals surface area contributed by atoms with E-state index < -0.39 is 28.0 Å². The van der Waals surface area contributed by atoms with E-state index in [0.29, 0.717) is 18.5 Å². The molecule has 6 rings (SSSR count). The number of benzene rings is 1. The fraction of sp³-hybridized carbons (Fsp3) is 0.455.